The number of methoxy groups -OCH3 is 1. The van der Waals surface area contributed by atoms with E-state index in [1.165, 1.54) is 4.90 Å². The molecule has 32 heavy (non-hydrogen) atoms. The van der Waals surface area contributed by atoms with Gasteiger partial charge >= 0.3 is 0 Å². The van der Waals surface area contributed by atoms with Gasteiger partial charge in [0.25, 0.3) is 11.8 Å². The molecule has 0 fully saturated rings. The Labute approximate surface area is 192 Å². The number of imide groups is 1. The number of anilines is 2. The molecule has 6 heteroatoms. The van der Waals surface area contributed by atoms with Crippen molar-refractivity contribution in [2.75, 3.05) is 23.5 Å². The van der Waals surface area contributed by atoms with Crippen LogP contribution in [-0.4, -0.2) is 25.5 Å². The monoisotopic (exact) mass is 446 g/mol. The van der Waals surface area contributed by atoms with Crippen LogP contribution in [0.2, 0.25) is 5.02 Å². The molecule has 1 aliphatic heterocycles. The summed E-state index contributed by atoms with van der Waals surface area (Å²) in [6.07, 6.45) is 0. The van der Waals surface area contributed by atoms with Crippen LogP contribution < -0.4 is 14.5 Å². The lowest BCUT2D eigenvalue weighted by Crippen LogP contribution is -2.35. The van der Waals surface area contributed by atoms with Gasteiger partial charge in [0, 0.05) is 17.3 Å². The molecule has 0 bridgehead atoms. The number of hydrogen-bond donors (Lipinski definition) is 0. The van der Waals surface area contributed by atoms with Gasteiger partial charge in [0.05, 0.1) is 18.4 Å². The quantitative estimate of drug-likeness (QED) is 0.471. The smallest absolute Gasteiger partial charge is 0.282 e. The largest absolute Gasteiger partial charge is 0.497 e. The van der Waals surface area contributed by atoms with E-state index in [2.05, 4.69) is 0 Å². The number of ether oxygens (including phenoxy) is 1. The van der Waals surface area contributed by atoms with E-state index in [0.717, 1.165) is 11.3 Å². The topological polar surface area (TPSA) is 49.9 Å². The highest BCUT2D eigenvalue weighted by Crippen LogP contribution is 2.38. The SMILES string of the molecule is CCN(C1=C(c2ccc(OC)cc2)C(=O)N(c2ccc(Cl)cc2C)C1=O)c1ccccc1. The Hall–Kier alpha value is -3.57. The van der Waals surface area contributed by atoms with Crippen LogP contribution in [0.1, 0.15) is 18.1 Å². The van der Waals surface area contributed by atoms with E-state index in [1.807, 2.05) is 49.1 Å². The summed E-state index contributed by atoms with van der Waals surface area (Å²) >= 11 is 6.11. The molecule has 0 aliphatic carbocycles. The Balaban J connectivity index is 1.91. The van der Waals surface area contributed by atoms with Gasteiger partial charge in [0.2, 0.25) is 0 Å². The highest BCUT2D eigenvalue weighted by molar-refractivity contribution is 6.46. The van der Waals surface area contributed by atoms with Gasteiger partial charge in [-0.15, -0.1) is 0 Å². The van der Waals surface area contributed by atoms with Crippen molar-refractivity contribution in [1.82, 2.24) is 0 Å². The van der Waals surface area contributed by atoms with Crippen LogP contribution in [0.4, 0.5) is 11.4 Å². The number of benzene rings is 3. The van der Waals surface area contributed by atoms with Crippen molar-refractivity contribution in [1.29, 1.82) is 0 Å². The average Bonchev–Trinajstić information content (AvgIpc) is 3.05. The molecule has 0 saturated heterocycles. The van der Waals surface area contributed by atoms with Crippen molar-refractivity contribution in [3.63, 3.8) is 0 Å². The molecule has 0 radical (unpaired) electrons. The summed E-state index contributed by atoms with van der Waals surface area (Å²) < 4.78 is 5.26. The summed E-state index contributed by atoms with van der Waals surface area (Å²) in [4.78, 5) is 30.6. The first-order valence-electron chi connectivity index (χ1n) is 10.3. The van der Waals surface area contributed by atoms with Gasteiger partial charge in [-0.2, -0.15) is 0 Å². The zero-order valence-electron chi connectivity index (χ0n) is 18.1. The molecular formula is C26H23ClN2O3. The van der Waals surface area contributed by atoms with E-state index in [0.29, 0.717) is 39.8 Å². The summed E-state index contributed by atoms with van der Waals surface area (Å²) in [7, 11) is 1.59. The maximum absolute atomic E-state index is 13.8. The van der Waals surface area contributed by atoms with Gasteiger partial charge in [0.1, 0.15) is 11.4 Å². The van der Waals surface area contributed by atoms with Crippen LogP contribution in [0.5, 0.6) is 5.75 Å². The minimum atomic E-state index is -0.366. The standard InChI is InChI=1S/C26H23ClN2O3/c1-4-28(20-8-6-5-7-9-20)24-23(18-10-13-21(32-3)14-11-18)25(30)29(26(24)31)22-15-12-19(27)16-17(22)2/h5-16H,4H2,1-3H3. The molecule has 162 valence electrons. The molecule has 0 N–H and O–H groups in total. The molecule has 0 spiro atoms. The number of likely N-dealkylation sites (N-methyl/N-ethyl adjacent to an activating group) is 1. The van der Waals surface area contributed by atoms with E-state index in [1.54, 1.807) is 49.6 Å². The van der Waals surface area contributed by atoms with Gasteiger partial charge in [0.15, 0.2) is 0 Å². The number of hydrogen-bond acceptors (Lipinski definition) is 4. The molecule has 3 aromatic carbocycles. The van der Waals surface area contributed by atoms with Crippen LogP contribution >= 0.6 is 11.6 Å². The third-order valence-corrected chi connectivity index (χ3v) is 5.73. The van der Waals surface area contributed by atoms with E-state index in [9.17, 15) is 9.59 Å². The second-order valence-electron chi connectivity index (χ2n) is 7.41. The highest BCUT2D eigenvalue weighted by atomic mass is 35.5. The van der Waals surface area contributed by atoms with Crippen molar-refractivity contribution < 1.29 is 14.3 Å². The first kappa shape index (κ1) is 21.7. The third kappa shape index (κ3) is 3.76. The van der Waals surface area contributed by atoms with Gasteiger partial charge in [-0.1, -0.05) is 41.9 Å². The third-order valence-electron chi connectivity index (χ3n) is 5.49. The number of nitrogens with zero attached hydrogens (tertiary/aromatic N) is 2. The molecule has 0 aromatic heterocycles. The predicted molar refractivity (Wildman–Crippen MR) is 128 cm³/mol. The van der Waals surface area contributed by atoms with E-state index >= 15 is 0 Å². The molecule has 0 saturated carbocycles. The highest BCUT2D eigenvalue weighted by Gasteiger charge is 2.43. The van der Waals surface area contributed by atoms with E-state index in [4.69, 9.17) is 16.3 Å². The van der Waals surface area contributed by atoms with Crippen molar-refractivity contribution >= 4 is 40.4 Å². The Morgan fingerprint density at radius 3 is 2.22 bits per heavy atom. The Kier molecular flexibility index (Phi) is 6.01. The van der Waals surface area contributed by atoms with Gasteiger partial charge < -0.3 is 9.64 Å². The Bertz CT molecular complexity index is 1200. The predicted octanol–water partition coefficient (Wildman–Crippen LogP) is 5.47. The fraction of sp³-hybridized carbons (Fsp3) is 0.154. The summed E-state index contributed by atoms with van der Waals surface area (Å²) in [5.41, 5.74) is 3.47. The molecular weight excluding hydrogens is 424 g/mol. The molecule has 2 amide bonds. The molecule has 5 nitrogen and oxygen atoms in total. The number of aryl methyl sites for hydroxylation is 1. The first-order chi connectivity index (χ1) is 15.5. The summed E-state index contributed by atoms with van der Waals surface area (Å²) in [6.45, 7) is 4.31. The van der Waals surface area contributed by atoms with Gasteiger partial charge in [-0.25, -0.2) is 4.90 Å². The fourth-order valence-corrected chi connectivity index (χ4v) is 4.18. The molecule has 3 aromatic rings. The normalized spacial score (nSPS) is 13.7. The average molecular weight is 447 g/mol. The minimum absolute atomic E-state index is 0.350. The number of halogens is 1. The zero-order valence-corrected chi connectivity index (χ0v) is 18.9. The summed E-state index contributed by atoms with van der Waals surface area (Å²) in [5.74, 6) is -0.0552. The van der Waals surface area contributed by atoms with Gasteiger partial charge in [-0.3, -0.25) is 9.59 Å². The first-order valence-corrected chi connectivity index (χ1v) is 10.7. The van der Waals surface area contributed by atoms with Crippen LogP contribution in [0.3, 0.4) is 0 Å². The van der Waals surface area contributed by atoms with Gasteiger partial charge in [-0.05, 0) is 67.4 Å². The number of amides is 2. The second-order valence-corrected chi connectivity index (χ2v) is 7.84. The van der Waals surface area contributed by atoms with E-state index in [-0.39, 0.29) is 11.8 Å². The lowest BCUT2D eigenvalue weighted by atomic mass is 10.0. The molecule has 1 aliphatic rings. The molecule has 4 rings (SSSR count). The Morgan fingerprint density at radius 2 is 1.62 bits per heavy atom. The fourth-order valence-electron chi connectivity index (χ4n) is 3.95. The summed E-state index contributed by atoms with van der Waals surface area (Å²) in [5, 5.41) is 0.549. The van der Waals surface area contributed by atoms with Crippen LogP contribution in [0, 0.1) is 6.92 Å². The lowest BCUT2D eigenvalue weighted by molar-refractivity contribution is -0.120. The van der Waals surface area contributed by atoms with Crippen molar-refractivity contribution in [3.05, 3.63) is 94.6 Å². The lowest BCUT2D eigenvalue weighted by Gasteiger charge is -2.25. The minimum Gasteiger partial charge on any atom is -0.497 e. The van der Waals surface area contributed by atoms with Crippen LogP contribution in [-0.2, 0) is 9.59 Å². The van der Waals surface area contributed by atoms with E-state index < -0.39 is 0 Å². The number of carbonyl (C=O) groups excluding carboxylic acids is 2. The number of para-hydroxylation sites is 1. The maximum atomic E-state index is 13.8. The summed E-state index contributed by atoms with van der Waals surface area (Å²) in [6, 6.07) is 21.9. The Morgan fingerprint density at radius 1 is 0.938 bits per heavy atom. The molecule has 0 unspecified atom stereocenters. The molecule has 1 heterocycles. The second kappa shape index (κ2) is 8.89. The van der Waals surface area contributed by atoms with Crippen molar-refractivity contribution in [2.24, 2.45) is 0 Å². The zero-order chi connectivity index (χ0) is 22.8. The van der Waals surface area contributed by atoms with Crippen LogP contribution in [0.25, 0.3) is 5.57 Å². The maximum Gasteiger partial charge on any atom is 0.282 e. The van der Waals surface area contributed by atoms with Crippen molar-refractivity contribution in [2.45, 2.75) is 13.8 Å². The van der Waals surface area contributed by atoms with Crippen LogP contribution in [0.15, 0.2) is 78.5 Å². The number of carbonyl (C=O) groups is 2. The molecule has 0 atom stereocenters. The van der Waals surface area contributed by atoms with Crippen molar-refractivity contribution in [3.8, 4) is 5.75 Å². The number of rotatable bonds is 6.